The van der Waals surface area contributed by atoms with Crippen LogP contribution < -0.4 is 4.74 Å². The van der Waals surface area contributed by atoms with Gasteiger partial charge in [0.15, 0.2) is 0 Å². The van der Waals surface area contributed by atoms with Crippen molar-refractivity contribution in [1.82, 2.24) is 4.98 Å². The molecular formula is C23H29NO4S. The largest absolute Gasteiger partial charge is 0.493 e. The summed E-state index contributed by atoms with van der Waals surface area (Å²) < 4.78 is 12.4. The Bertz CT molecular complexity index is 864. The summed E-state index contributed by atoms with van der Waals surface area (Å²) in [6, 6.07) is 6.13. The van der Waals surface area contributed by atoms with E-state index in [1.807, 2.05) is 24.4 Å². The van der Waals surface area contributed by atoms with Crippen molar-refractivity contribution in [2.75, 3.05) is 6.61 Å². The van der Waals surface area contributed by atoms with Gasteiger partial charge in [-0.3, -0.25) is 0 Å². The number of rotatable bonds is 6. The van der Waals surface area contributed by atoms with Gasteiger partial charge in [0.1, 0.15) is 16.9 Å². The molecule has 0 bridgehead atoms. The molecule has 2 heterocycles. The molecule has 2 aromatic rings. The topological polar surface area (TPSA) is 71.8 Å². The fourth-order valence-corrected chi connectivity index (χ4v) is 5.43. The Labute approximate surface area is 176 Å². The van der Waals surface area contributed by atoms with E-state index in [2.05, 4.69) is 30.1 Å². The number of aryl methyl sites for hydroxylation is 1. The van der Waals surface area contributed by atoms with Gasteiger partial charge in [0.2, 0.25) is 0 Å². The van der Waals surface area contributed by atoms with E-state index in [-0.39, 0.29) is 24.7 Å². The summed E-state index contributed by atoms with van der Waals surface area (Å²) in [7, 11) is 0. The van der Waals surface area contributed by atoms with Crippen LogP contribution in [0, 0.1) is 18.8 Å². The fourth-order valence-electron chi connectivity index (χ4n) is 4.55. The number of thiazole rings is 1. The molecule has 0 unspecified atom stereocenters. The van der Waals surface area contributed by atoms with Crippen LogP contribution in [0.5, 0.6) is 5.75 Å². The average Bonchev–Trinajstić information content (AvgIpc) is 3.32. The zero-order chi connectivity index (χ0) is 20.4. The quantitative estimate of drug-likeness (QED) is 0.737. The van der Waals surface area contributed by atoms with Crippen molar-refractivity contribution >= 4 is 17.4 Å². The molecule has 0 radical (unpaired) electrons. The Hall–Kier alpha value is -1.73. The van der Waals surface area contributed by atoms with E-state index in [4.69, 9.17) is 9.47 Å². The van der Waals surface area contributed by atoms with Crippen LogP contribution in [0.1, 0.15) is 54.1 Å². The van der Waals surface area contributed by atoms with Crippen LogP contribution in [0.15, 0.2) is 29.7 Å². The summed E-state index contributed by atoms with van der Waals surface area (Å²) in [5.41, 5.74) is 3.07. The first-order valence-corrected chi connectivity index (χ1v) is 11.2. The highest BCUT2D eigenvalue weighted by molar-refractivity contribution is 7.09. The van der Waals surface area contributed by atoms with Gasteiger partial charge < -0.3 is 19.7 Å². The van der Waals surface area contributed by atoms with Crippen molar-refractivity contribution in [3.63, 3.8) is 0 Å². The van der Waals surface area contributed by atoms with E-state index < -0.39 is 6.10 Å². The number of benzene rings is 1. The molecule has 156 valence electrons. The van der Waals surface area contributed by atoms with Crippen molar-refractivity contribution in [3.05, 3.63) is 51.5 Å². The molecule has 1 aromatic carbocycles. The minimum atomic E-state index is -0.409. The molecule has 5 atom stereocenters. The van der Waals surface area contributed by atoms with E-state index in [1.165, 1.54) is 5.56 Å². The maximum atomic E-state index is 10.7. The molecule has 5 nitrogen and oxygen atoms in total. The number of hydrogen-bond acceptors (Lipinski definition) is 6. The van der Waals surface area contributed by atoms with Crippen molar-refractivity contribution in [2.45, 2.75) is 58.0 Å². The fraction of sp³-hybridized carbons (Fsp3) is 0.522. The number of allylic oxidation sites excluding steroid dienone is 1. The normalized spacial score (nSPS) is 29.3. The molecule has 0 spiro atoms. The van der Waals surface area contributed by atoms with Crippen LogP contribution in [-0.4, -0.2) is 34.0 Å². The van der Waals surface area contributed by atoms with Gasteiger partial charge >= 0.3 is 0 Å². The van der Waals surface area contributed by atoms with Crippen molar-refractivity contribution < 1.29 is 19.7 Å². The molecule has 1 aliphatic carbocycles. The molecule has 2 N–H and O–H groups in total. The lowest BCUT2D eigenvalue weighted by molar-refractivity contribution is -0.0812. The highest BCUT2D eigenvalue weighted by Crippen LogP contribution is 2.46. The third kappa shape index (κ3) is 4.40. The Morgan fingerprint density at radius 3 is 2.97 bits per heavy atom. The standard InChI is InChI=1S/C23H29NO4S/c1-3-4-15-9-17(6-5-14(15)2)27-12-19-18-7-8-21(28-22(18)10-20(19)26)23-24-16(11-25)13-29-23/h3-6,9,13,18-22,25-26H,7-8,10-12H2,1-2H3/b4-3+/t18-,19-,20+,21-,22+/m1/s1. The molecule has 1 aromatic heterocycles. The van der Waals surface area contributed by atoms with E-state index in [9.17, 15) is 10.2 Å². The molecule has 1 saturated heterocycles. The van der Waals surface area contributed by atoms with Crippen LogP contribution in [-0.2, 0) is 11.3 Å². The van der Waals surface area contributed by atoms with Gasteiger partial charge in [-0.05, 0) is 55.9 Å². The lowest BCUT2D eigenvalue weighted by atomic mass is 9.87. The van der Waals surface area contributed by atoms with E-state index in [0.29, 0.717) is 24.6 Å². The van der Waals surface area contributed by atoms with Gasteiger partial charge in [-0.1, -0.05) is 18.2 Å². The number of fused-ring (bicyclic) bond motifs is 1. The third-order valence-corrected chi connectivity index (χ3v) is 7.13. The molecule has 2 fully saturated rings. The van der Waals surface area contributed by atoms with Crippen LogP contribution in [0.25, 0.3) is 6.08 Å². The number of aliphatic hydroxyl groups excluding tert-OH is 2. The third-order valence-electron chi connectivity index (χ3n) is 6.14. The summed E-state index contributed by atoms with van der Waals surface area (Å²) in [6.45, 7) is 4.56. The van der Waals surface area contributed by atoms with Gasteiger partial charge in [0, 0.05) is 17.7 Å². The second-order valence-corrected chi connectivity index (χ2v) is 8.93. The molecule has 2 aliphatic rings. The van der Waals surface area contributed by atoms with Gasteiger partial charge in [-0.15, -0.1) is 11.3 Å². The SMILES string of the molecule is C/C=C/c1cc(OC[C@@H]2[C@H]3CC[C@H](c4nc(CO)cs4)O[C@H]3C[C@@H]2O)ccc1C. The Kier molecular flexibility index (Phi) is 6.35. The van der Waals surface area contributed by atoms with E-state index >= 15 is 0 Å². The highest BCUT2D eigenvalue weighted by atomic mass is 32.1. The predicted molar refractivity (Wildman–Crippen MR) is 114 cm³/mol. The van der Waals surface area contributed by atoms with Crippen molar-refractivity contribution in [1.29, 1.82) is 0 Å². The molecule has 6 heteroatoms. The second-order valence-electron chi connectivity index (χ2n) is 8.04. The van der Waals surface area contributed by atoms with Crippen LogP contribution >= 0.6 is 11.3 Å². The lowest BCUT2D eigenvalue weighted by Crippen LogP contribution is -2.33. The first-order valence-electron chi connectivity index (χ1n) is 10.3. The smallest absolute Gasteiger partial charge is 0.122 e. The first kappa shape index (κ1) is 20.5. The van der Waals surface area contributed by atoms with Crippen LogP contribution in [0.2, 0.25) is 0 Å². The number of aromatic nitrogens is 1. The zero-order valence-electron chi connectivity index (χ0n) is 17.0. The second kappa shape index (κ2) is 8.96. The molecule has 29 heavy (non-hydrogen) atoms. The van der Waals surface area contributed by atoms with E-state index in [1.54, 1.807) is 11.3 Å². The van der Waals surface area contributed by atoms with Gasteiger partial charge in [0.05, 0.1) is 31.1 Å². The van der Waals surface area contributed by atoms with Gasteiger partial charge in [-0.25, -0.2) is 4.98 Å². The Morgan fingerprint density at radius 2 is 2.21 bits per heavy atom. The van der Waals surface area contributed by atoms with Crippen molar-refractivity contribution in [2.24, 2.45) is 11.8 Å². The van der Waals surface area contributed by atoms with Gasteiger partial charge in [-0.2, -0.15) is 0 Å². The zero-order valence-corrected chi connectivity index (χ0v) is 17.8. The lowest BCUT2D eigenvalue weighted by Gasteiger charge is -2.33. The average molecular weight is 416 g/mol. The maximum absolute atomic E-state index is 10.7. The number of nitrogens with zero attached hydrogens (tertiary/aromatic N) is 1. The molecule has 0 amide bonds. The minimum Gasteiger partial charge on any atom is -0.493 e. The monoisotopic (exact) mass is 415 g/mol. The predicted octanol–water partition coefficient (Wildman–Crippen LogP) is 4.27. The Balaban J connectivity index is 1.39. The summed E-state index contributed by atoms with van der Waals surface area (Å²) in [4.78, 5) is 4.46. The van der Waals surface area contributed by atoms with Crippen LogP contribution in [0.3, 0.4) is 0 Å². The summed E-state index contributed by atoms with van der Waals surface area (Å²) in [5.74, 6) is 1.23. The highest BCUT2D eigenvalue weighted by Gasteiger charge is 2.47. The molecule has 1 aliphatic heterocycles. The van der Waals surface area contributed by atoms with Gasteiger partial charge in [0.25, 0.3) is 0 Å². The number of ether oxygens (including phenoxy) is 2. The first-order chi connectivity index (χ1) is 14.1. The number of aliphatic hydroxyl groups is 2. The van der Waals surface area contributed by atoms with Crippen molar-refractivity contribution in [3.8, 4) is 5.75 Å². The minimum absolute atomic E-state index is 0.0334. The van der Waals surface area contributed by atoms with E-state index in [0.717, 1.165) is 29.2 Å². The summed E-state index contributed by atoms with van der Waals surface area (Å²) in [6.07, 6.45) is 6.23. The maximum Gasteiger partial charge on any atom is 0.122 e. The summed E-state index contributed by atoms with van der Waals surface area (Å²) >= 11 is 1.54. The molecule has 4 rings (SSSR count). The molecular weight excluding hydrogens is 386 g/mol. The van der Waals surface area contributed by atoms with Crippen LogP contribution in [0.4, 0.5) is 0 Å². The summed E-state index contributed by atoms with van der Waals surface area (Å²) in [5, 5.41) is 22.7. The Morgan fingerprint density at radius 1 is 1.34 bits per heavy atom. The molecule has 1 saturated carbocycles. The number of hydrogen-bond donors (Lipinski definition) is 2.